The predicted octanol–water partition coefficient (Wildman–Crippen LogP) is 4.91. The van der Waals surface area contributed by atoms with Gasteiger partial charge in [0.2, 0.25) is 0 Å². The minimum Gasteiger partial charge on any atom is -0.496 e. The zero-order valence-corrected chi connectivity index (χ0v) is 16.3. The summed E-state index contributed by atoms with van der Waals surface area (Å²) in [7, 11) is 1.49. The number of hydrogen-bond donors (Lipinski definition) is 0. The number of aryl methyl sites for hydroxylation is 1. The van der Waals surface area contributed by atoms with Crippen LogP contribution in [0.15, 0.2) is 42.5 Å². The van der Waals surface area contributed by atoms with Gasteiger partial charge in [-0.25, -0.2) is 9.69 Å². The minimum atomic E-state index is -0.450. The maximum Gasteiger partial charge on any atom is 0.331 e. The van der Waals surface area contributed by atoms with Gasteiger partial charge in [0, 0.05) is 18.1 Å². The molecule has 0 saturated carbocycles. The number of benzene rings is 2. The topological polar surface area (TPSA) is 49.9 Å². The highest BCUT2D eigenvalue weighted by Crippen LogP contribution is 2.28. The Labute approximate surface area is 164 Å². The maximum absolute atomic E-state index is 13.4. The van der Waals surface area contributed by atoms with Crippen LogP contribution in [0.25, 0.3) is 0 Å². The van der Waals surface area contributed by atoms with Gasteiger partial charge in [-0.05, 0) is 56.5 Å². The fourth-order valence-electron chi connectivity index (χ4n) is 3.20. The fraction of sp³-hybridized carbons (Fsp3) is 0.333. The Morgan fingerprint density at radius 3 is 2.33 bits per heavy atom. The zero-order chi connectivity index (χ0) is 19.4. The number of methoxy groups -OCH3 is 1. The van der Waals surface area contributed by atoms with E-state index in [1.807, 2.05) is 19.1 Å². The Morgan fingerprint density at radius 1 is 1.04 bits per heavy atom. The number of piperidine rings is 1. The van der Waals surface area contributed by atoms with Gasteiger partial charge in [-0.15, -0.1) is 0 Å². The molecule has 0 unspecified atom stereocenters. The van der Waals surface area contributed by atoms with Gasteiger partial charge in [-0.3, -0.25) is 4.79 Å². The number of rotatable bonds is 3. The lowest BCUT2D eigenvalue weighted by Gasteiger charge is -2.32. The van der Waals surface area contributed by atoms with Crippen LogP contribution >= 0.6 is 11.6 Å². The summed E-state index contributed by atoms with van der Waals surface area (Å²) < 4.78 is 5.32. The molecule has 1 aliphatic heterocycles. The van der Waals surface area contributed by atoms with Gasteiger partial charge in [0.1, 0.15) is 5.75 Å². The first kappa shape index (κ1) is 19.2. The van der Waals surface area contributed by atoms with Crippen molar-refractivity contribution in [2.45, 2.75) is 26.2 Å². The molecule has 3 amide bonds. The molecule has 1 heterocycles. The molecule has 2 aromatic carbocycles. The monoisotopic (exact) mass is 386 g/mol. The number of ether oxygens (including phenoxy) is 1. The number of nitrogens with zero attached hydrogens (tertiary/aromatic N) is 2. The van der Waals surface area contributed by atoms with Crippen LogP contribution in [-0.2, 0) is 0 Å². The number of urea groups is 1. The summed E-state index contributed by atoms with van der Waals surface area (Å²) in [5.74, 6) is -0.0678. The Hall–Kier alpha value is -2.53. The number of hydrogen-bond acceptors (Lipinski definition) is 3. The number of anilines is 1. The molecule has 0 atom stereocenters. The molecule has 3 rings (SSSR count). The number of amides is 3. The van der Waals surface area contributed by atoms with Crippen molar-refractivity contribution >= 4 is 29.2 Å². The van der Waals surface area contributed by atoms with Crippen molar-refractivity contribution in [3.8, 4) is 5.75 Å². The third-order valence-electron chi connectivity index (χ3n) is 4.71. The van der Waals surface area contributed by atoms with E-state index in [0.717, 1.165) is 24.8 Å². The summed E-state index contributed by atoms with van der Waals surface area (Å²) in [6.45, 7) is 3.27. The molecular formula is C21H23ClN2O3. The van der Waals surface area contributed by atoms with E-state index < -0.39 is 5.91 Å². The molecule has 0 N–H and O–H groups in total. The van der Waals surface area contributed by atoms with Crippen molar-refractivity contribution in [1.29, 1.82) is 0 Å². The van der Waals surface area contributed by atoms with Gasteiger partial charge in [0.05, 0.1) is 18.4 Å². The summed E-state index contributed by atoms with van der Waals surface area (Å²) in [6, 6.07) is 11.8. The largest absolute Gasteiger partial charge is 0.496 e. The van der Waals surface area contributed by atoms with Crippen LogP contribution in [0.1, 0.15) is 35.2 Å². The van der Waals surface area contributed by atoms with Gasteiger partial charge in [0.15, 0.2) is 0 Å². The summed E-state index contributed by atoms with van der Waals surface area (Å²) in [6.07, 6.45) is 2.99. The molecule has 6 heteroatoms. The Kier molecular flexibility index (Phi) is 6.01. The van der Waals surface area contributed by atoms with E-state index in [1.165, 1.54) is 18.1 Å². The van der Waals surface area contributed by atoms with E-state index in [-0.39, 0.29) is 11.6 Å². The van der Waals surface area contributed by atoms with E-state index in [9.17, 15) is 9.59 Å². The highest BCUT2D eigenvalue weighted by Gasteiger charge is 2.31. The second-order valence-corrected chi connectivity index (χ2v) is 7.09. The SMILES string of the molecule is COc1ccc(Cl)cc1C(=O)N(C(=O)N1CCCCC1)c1ccc(C)cc1. The molecule has 27 heavy (non-hydrogen) atoms. The summed E-state index contributed by atoms with van der Waals surface area (Å²) in [5.41, 5.74) is 1.84. The number of carbonyl (C=O) groups excluding carboxylic acids is 2. The molecule has 1 saturated heterocycles. The second kappa shape index (κ2) is 8.44. The molecule has 0 aliphatic carbocycles. The number of likely N-dealkylation sites (tertiary alicyclic amines) is 1. The molecule has 0 radical (unpaired) electrons. The smallest absolute Gasteiger partial charge is 0.331 e. The average molecular weight is 387 g/mol. The van der Waals surface area contributed by atoms with Crippen LogP contribution < -0.4 is 9.64 Å². The number of carbonyl (C=O) groups is 2. The first-order valence-electron chi connectivity index (χ1n) is 9.05. The van der Waals surface area contributed by atoms with Crippen LogP contribution in [0.5, 0.6) is 5.75 Å². The van der Waals surface area contributed by atoms with Gasteiger partial charge in [0.25, 0.3) is 5.91 Å². The van der Waals surface area contributed by atoms with Gasteiger partial charge >= 0.3 is 6.03 Å². The summed E-state index contributed by atoms with van der Waals surface area (Å²) in [5, 5.41) is 0.411. The first-order chi connectivity index (χ1) is 13.0. The lowest BCUT2D eigenvalue weighted by molar-refractivity contribution is 0.0980. The molecule has 5 nitrogen and oxygen atoms in total. The van der Waals surface area contributed by atoms with Crippen LogP contribution in [0.4, 0.5) is 10.5 Å². The zero-order valence-electron chi connectivity index (χ0n) is 15.6. The van der Waals surface area contributed by atoms with E-state index in [1.54, 1.807) is 29.2 Å². The highest BCUT2D eigenvalue weighted by atomic mass is 35.5. The molecular weight excluding hydrogens is 364 g/mol. The van der Waals surface area contributed by atoms with E-state index in [2.05, 4.69) is 0 Å². The molecule has 2 aromatic rings. The van der Waals surface area contributed by atoms with E-state index in [4.69, 9.17) is 16.3 Å². The summed E-state index contributed by atoms with van der Waals surface area (Å²) in [4.78, 5) is 29.6. The van der Waals surface area contributed by atoms with Crippen LogP contribution in [0.3, 0.4) is 0 Å². The van der Waals surface area contributed by atoms with Crippen LogP contribution in [0, 0.1) is 6.92 Å². The standard InChI is InChI=1S/C21H23ClN2O3/c1-15-6-9-17(10-7-15)24(21(26)23-12-4-3-5-13-23)20(25)18-14-16(22)8-11-19(18)27-2/h6-11,14H,3-5,12-13H2,1-2H3. The third-order valence-corrected chi connectivity index (χ3v) is 4.94. The molecule has 0 aromatic heterocycles. The molecule has 1 fully saturated rings. The molecule has 0 bridgehead atoms. The number of halogens is 1. The highest BCUT2D eigenvalue weighted by molar-refractivity contribution is 6.31. The minimum absolute atomic E-state index is 0.260. The Morgan fingerprint density at radius 2 is 1.70 bits per heavy atom. The summed E-state index contributed by atoms with van der Waals surface area (Å²) >= 11 is 6.10. The van der Waals surface area contributed by atoms with Crippen molar-refractivity contribution < 1.29 is 14.3 Å². The van der Waals surface area contributed by atoms with E-state index >= 15 is 0 Å². The normalized spacial score (nSPS) is 14.0. The lowest BCUT2D eigenvalue weighted by Crippen LogP contribution is -2.48. The predicted molar refractivity (Wildman–Crippen MR) is 107 cm³/mol. The van der Waals surface area contributed by atoms with Gasteiger partial charge in [-0.1, -0.05) is 29.3 Å². The van der Waals surface area contributed by atoms with Crippen molar-refractivity contribution in [2.75, 3.05) is 25.1 Å². The average Bonchev–Trinajstić information content (AvgIpc) is 2.70. The fourth-order valence-corrected chi connectivity index (χ4v) is 3.37. The molecule has 1 aliphatic rings. The molecule has 142 valence electrons. The lowest BCUT2D eigenvalue weighted by atomic mass is 10.1. The third kappa shape index (κ3) is 4.25. The van der Waals surface area contributed by atoms with Crippen LogP contribution in [-0.4, -0.2) is 37.0 Å². The quantitative estimate of drug-likeness (QED) is 0.753. The van der Waals surface area contributed by atoms with Crippen molar-refractivity contribution in [1.82, 2.24) is 4.90 Å². The van der Waals surface area contributed by atoms with Crippen molar-refractivity contribution in [2.24, 2.45) is 0 Å². The van der Waals surface area contributed by atoms with Crippen molar-refractivity contribution in [3.05, 3.63) is 58.6 Å². The van der Waals surface area contributed by atoms with Gasteiger partial charge < -0.3 is 9.64 Å². The maximum atomic E-state index is 13.4. The van der Waals surface area contributed by atoms with Crippen LogP contribution in [0.2, 0.25) is 5.02 Å². The Bertz CT molecular complexity index is 830. The second-order valence-electron chi connectivity index (χ2n) is 6.65. The van der Waals surface area contributed by atoms with E-state index in [0.29, 0.717) is 29.5 Å². The van der Waals surface area contributed by atoms with Crippen molar-refractivity contribution in [3.63, 3.8) is 0 Å². The first-order valence-corrected chi connectivity index (χ1v) is 9.42. The Balaban J connectivity index is 2.03. The number of imide groups is 1. The van der Waals surface area contributed by atoms with Gasteiger partial charge in [-0.2, -0.15) is 0 Å². The molecule has 0 spiro atoms.